The fraction of sp³-hybridized carbons (Fsp3) is 0.267. The van der Waals surface area contributed by atoms with Crippen molar-refractivity contribution in [1.82, 2.24) is 4.98 Å². The van der Waals surface area contributed by atoms with Crippen molar-refractivity contribution in [3.05, 3.63) is 52.7 Å². The van der Waals surface area contributed by atoms with Crippen LogP contribution in [0.15, 0.2) is 36.4 Å². The second-order valence-corrected chi connectivity index (χ2v) is 4.96. The smallest absolute Gasteiger partial charge is 0.153 e. The number of pyridine rings is 1. The Hall–Kier alpha value is -1.74. The Morgan fingerprint density at radius 1 is 1.11 bits per heavy atom. The summed E-state index contributed by atoms with van der Waals surface area (Å²) in [5.41, 5.74) is 9.13. The van der Waals surface area contributed by atoms with Crippen LogP contribution < -0.4 is 10.6 Å². The minimum atomic E-state index is 0.456. The molecule has 0 aliphatic heterocycles. The molecule has 0 aliphatic rings. The molecule has 2 aromatic rings. The second kappa shape index (κ2) is 5.93. The van der Waals surface area contributed by atoms with E-state index in [0.717, 1.165) is 13.0 Å². The number of hydrogen-bond donors (Lipinski definition) is 1. The van der Waals surface area contributed by atoms with Gasteiger partial charge in [0.05, 0.1) is 5.69 Å². The molecule has 0 saturated carbocycles. The summed E-state index contributed by atoms with van der Waals surface area (Å²) in [4.78, 5) is 6.27. The van der Waals surface area contributed by atoms with Gasteiger partial charge in [-0.3, -0.25) is 0 Å². The molecule has 0 unspecified atom stereocenters. The fourth-order valence-electron chi connectivity index (χ4n) is 1.97. The highest BCUT2D eigenvalue weighted by Crippen LogP contribution is 2.23. The van der Waals surface area contributed by atoms with Gasteiger partial charge in [0.25, 0.3) is 0 Å². The summed E-state index contributed by atoms with van der Waals surface area (Å²) in [6, 6.07) is 12.0. The number of aromatic nitrogens is 1. The molecule has 0 atom stereocenters. The lowest BCUT2D eigenvalue weighted by Crippen LogP contribution is -2.19. The summed E-state index contributed by atoms with van der Waals surface area (Å²) in [6.07, 6.45) is 1.05. The van der Waals surface area contributed by atoms with Crippen LogP contribution in [-0.4, -0.2) is 12.0 Å². The number of benzene rings is 1. The molecule has 3 nitrogen and oxygen atoms in total. The molecule has 2 N–H and O–H groups in total. The van der Waals surface area contributed by atoms with Gasteiger partial charge in [0.2, 0.25) is 0 Å². The van der Waals surface area contributed by atoms with Crippen molar-refractivity contribution in [2.75, 3.05) is 17.7 Å². The van der Waals surface area contributed by atoms with Crippen LogP contribution in [0.25, 0.3) is 0 Å². The third-order valence-corrected chi connectivity index (χ3v) is 3.29. The average Bonchev–Trinajstić information content (AvgIpc) is 2.42. The van der Waals surface area contributed by atoms with Crippen LogP contribution in [0.2, 0.25) is 5.15 Å². The number of rotatable bonds is 4. The van der Waals surface area contributed by atoms with E-state index in [2.05, 4.69) is 36.2 Å². The third-order valence-electron chi connectivity index (χ3n) is 3.08. The highest BCUT2D eigenvalue weighted by Gasteiger charge is 2.08. The number of nitrogens with two attached hydrogens (primary N) is 1. The van der Waals surface area contributed by atoms with Crippen molar-refractivity contribution in [1.29, 1.82) is 0 Å². The maximum atomic E-state index is 5.93. The highest BCUT2D eigenvalue weighted by molar-refractivity contribution is 6.29. The zero-order valence-corrected chi connectivity index (χ0v) is 12.0. The van der Waals surface area contributed by atoms with Gasteiger partial charge >= 0.3 is 0 Å². The van der Waals surface area contributed by atoms with E-state index in [0.29, 0.717) is 16.7 Å². The molecule has 0 fully saturated rings. The molecule has 19 heavy (non-hydrogen) atoms. The number of nitrogen functional groups attached to an aromatic ring is 1. The second-order valence-electron chi connectivity index (χ2n) is 4.57. The Bertz CT molecular complexity index is 552. The summed E-state index contributed by atoms with van der Waals surface area (Å²) < 4.78 is 0. The maximum Gasteiger partial charge on any atom is 0.153 e. The van der Waals surface area contributed by atoms with E-state index in [1.54, 1.807) is 12.1 Å². The molecule has 100 valence electrons. The Morgan fingerprint density at radius 3 is 2.37 bits per heavy atom. The first kappa shape index (κ1) is 13.7. The quantitative estimate of drug-likeness (QED) is 0.868. The van der Waals surface area contributed by atoms with Gasteiger partial charge in [0, 0.05) is 13.6 Å². The summed E-state index contributed by atoms with van der Waals surface area (Å²) in [6.45, 7) is 2.90. The lowest BCUT2D eigenvalue weighted by molar-refractivity contribution is 0.899. The molecule has 1 aromatic carbocycles. The molecule has 0 bridgehead atoms. The third kappa shape index (κ3) is 3.38. The van der Waals surface area contributed by atoms with E-state index in [9.17, 15) is 0 Å². The first-order valence-electron chi connectivity index (χ1n) is 6.31. The van der Waals surface area contributed by atoms with Crippen LogP contribution in [0.5, 0.6) is 0 Å². The minimum absolute atomic E-state index is 0.456. The van der Waals surface area contributed by atoms with Crippen molar-refractivity contribution in [3.63, 3.8) is 0 Å². The van der Waals surface area contributed by atoms with Crippen LogP contribution in [-0.2, 0) is 13.0 Å². The highest BCUT2D eigenvalue weighted by atomic mass is 35.5. The Kier molecular flexibility index (Phi) is 4.27. The van der Waals surface area contributed by atoms with Gasteiger partial charge in [-0.2, -0.15) is 0 Å². The molecule has 0 aliphatic carbocycles. The largest absolute Gasteiger partial charge is 0.396 e. The molecule has 0 saturated heterocycles. The zero-order valence-electron chi connectivity index (χ0n) is 11.2. The van der Waals surface area contributed by atoms with Crippen molar-refractivity contribution in [3.8, 4) is 0 Å². The monoisotopic (exact) mass is 275 g/mol. The van der Waals surface area contributed by atoms with Crippen LogP contribution in [0.4, 0.5) is 11.5 Å². The van der Waals surface area contributed by atoms with E-state index >= 15 is 0 Å². The van der Waals surface area contributed by atoms with E-state index in [1.807, 2.05) is 11.9 Å². The van der Waals surface area contributed by atoms with Crippen LogP contribution in [0.1, 0.15) is 18.1 Å². The number of nitrogens with zero attached hydrogens (tertiary/aromatic N) is 2. The fourth-order valence-corrected chi connectivity index (χ4v) is 2.11. The number of anilines is 2. The molecule has 1 heterocycles. The minimum Gasteiger partial charge on any atom is -0.396 e. The molecule has 4 heteroatoms. The van der Waals surface area contributed by atoms with Gasteiger partial charge in [-0.1, -0.05) is 42.8 Å². The first-order valence-corrected chi connectivity index (χ1v) is 6.69. The van der Waals surface area contributed by atoms with Gasteiger partial charge < -0.3 is 10.6 Å². The van der Waals surface area contributed by atoms with Crippen molar-refractivity contribution < 1.29 is 0 Å². The summed E-state index contributed by atoms with van der Waals surface area (Å²) >= 11 is 5.91. The lowest BCUT2D eigenvalue weighted by atomic mass is 10.1. The number of hydrogen-bond acceptors (Lipinski definition) is 3. The molecule has 1 aromatic heterocycles. The van der Waals surface area contributed by atoms with Gasteiger partial charge in [-0.05, 0) is 29.7 Å². The first-order chi connectivity index (χ1) is 9.10. The van der Waals surface area contributed by atoms with Crippen molar-refractivity contribution in [2.45, 2.75) is 19.9 Å². The van der Waals surface area contributed by atoms with Gasteiger partial charge in [0.15, 0.2) is 5.82 Å². The summed E-state index contributed by atoms with van der Waals surface area (Å²) in [7, 11) is 1.96. The Morgan fingerprint density at radius 2 is 1.74 bits per heavy atom. The van der Waals surface area contributed by atoms with E-state index in [-0.39, 0.29) is 0 Å². The predicted octanol–water partition coefficient (Wildman–Crippen LogP) is 3.52. The molecule has 0 radical (unpaired) electrons. The topological polar surface area (TPSA) is 42.2 Å². The molecule has 0 amide bonds. The van der Waals surface area contributed by atoms with E-state index < -0.39 is 0 Å². The summed E-state index contributed by atoms with van der Waals surface area (Å²) in [5.74, 6) is 0.715. The SMILES string of the molecule is CCc1ccc(CN(C)c2nc(Cl)ccc2N)cc1. The standard InChI is InChI=1S/C15H18ClN3/c1-3-11-4-6-12(7-5-11)10-19(2)15-13(17)8-9-14(16)18-15/h4-9H,3,10,17H2,1-2H3. The maximum absolute atomic E-state index is 5.93. The van der Waals surface area contributed by atoms with E-state index in [1.165, 1.54) is 11.1 Å². The van der Waals surface area contributed by atoms with Crippen LogP contribution in [0, 0.1) is 0 Å². The van der Waals surface area contributed by atoms with Crippen molar-refractivity contribution in [2.24, 2.45) is 0 Å². The van der Waals surface area contributed by atoms with Crippen LogP contribution in [0.3, 0.4) is 0 Å². The lowest BCUT2D eigenvalue weighted by Gasteiger charge is -2.20. The molecular weight excluding hydrogens is 258 g/mol. The molecule has 2 rings (SSSR count). The van der Waals surface area contributed by atoms with Gasteiger partial charge in [-0.15, -0.1) is 0 Å². The van der Waals surface area contributed by atoms with Gasteiger partial charge in [-0.25, -0.2) is 4.98 Å². The van der Waals surface area contributed by atoms with Crippen molar-refractivity contribution >= 4 is 23.1 Å². The van der Waals surface area contributed by atoms with Gasteiger partial charge in [0.1, 0.15) is 5.15 Å². The normalized spacial score (nSPS) is 10.5. The Labute approximate surface area is 119 Å². The molecule has 0 spiro atoms. The summed E-state index contributed by atoms with van der Waals surface area (Å²) in [5, 5.41) is 0.456. The zero-order chi connectivity index (χ0) is 13.8. The Balaban J connectivity index is 2.15. The average molecular weight is 276 g/mol. The number of aryl methyl sites for hydroxylation is 1. The molecular formula is C15H18ClN3. The predicted molar refractivity (Wildman–Crippen MR) is 81.6 cm³/mol. The van der Waals surface area contributed by atoms with Crippen LogP contribution >= 0.6 is 11.6 Å². The number of halogens is 1. The van der Waals surface area contributed by atoms with E-state index in [4.69, 9.17) is 17.3 Å².